The maximum Gasteiger partial charge on any atom is 0.407 e. The van der Waals surface area contributed by atoms with Gasteiger partial charge in [0.2, 0.25) is 17.7 Å². The molecular weight excluding hydrogens is 1290 g/mol. The summed E-state index contributed by atoms with van der Waals surface area (Å²) in [5.41, 5.74) is 10.00. The summed E-state index contributed by atoms with van der Waals surface area (Å²) in [6.07, 6.45) is 20.9. The number of alkyl carbamates (subject to hydrolysis) is 2. The van der Waals surface area contributed by atoms with Gasteiger partial charge in [0.25, 0.3) is 21.8 Å². The minimum Gasteiger partial charge on any atom is -0.477 e. The van der Waals surface area contributed by atoms with E-state index in [0.717, 1.165) is 86.6 Å². The SMILES string of the molecule is CC1(C)C[C@H](CCCNC(=O)OCc2ccccc2)CN1c1nc(-n2ccc(OCCC3C4(CC4)C34CC4)n2)ccc1C(=O)NS(=O)(=O)c1cccc(F)n1.CC1(C)C[C@H](CCCNC(=O)OCc2ccccc2)CN1c1nc(-n2ccc(OCCC3C4(CC4)C34CC4)n2)ccc1C(N)=O. The highest BCUT2D eigenvalue weighted by atomic mass is 32.2. The molecule has 7 heterocycles. The zero-order valence-corrected chi connectivity index (χ0v) is 58.2. The topological polar surface area (TPSA) is 282 Å². The van der Waals surface area contributed by atoms with Gasteiger partial charge >= 0.3 is 12.2 Å². The number of ether oxygens (including phenoxy) is 4. The summed E-state index contributed by atoms with van der Waals surface area (Å²) in [6, 6.07) is 32.7. The molecule has 528 valence electrons. The highest BCUT2D eigenvalue weighted by molar-refractivity contribution is 7.90. The van der Waals surface area contributed by atoms with Crippen molar-refractivity contribution in [3.05, 3.63) is 156 Å². The third-order valence-electron chi connectivity index (χ3n) is 22.9. The number of sulfonamides is 1. The van der Waals surface area contributed by atoms with Crippen molar-refractivity contribution in [2.24, 2.45) is 51.1 Å². The van der Waals surface area contributed by atoms with Crippen LogP contribution in [0.1, 0.15) is 162 Å². The van der Waals surface area contributed by atoms with Crippen LogP contribution in [-0.2, 0) is 32.7 Å². The van der Waals surface area contributed by atoms with E-state index in [1.54, 1.807) is 39.8 Å². The van der Waals surface area contributed by atoms with E-state index in [1.807, 2.05) is 91.7 Å². The summed E-state index contributed by atoms with van der Waals surface area (Å²) in [5, 5.41) is 14.3. The fraction of sp³-hybridized carbons (Fsp3) is 0.507. The molecule has 8 aliphatic rings. The second kappa shape index (κ2) is 27.1. The van der Waals surface area contributed by atoms with E-state index in [0.29, 0.717) is 102 Å². The van der Waals surface area contributed by atoms with Gasteiger partial charge in [-0.1, -0.05) is 66.7 Å². The first-order chi connectivity index (χ1) is 48.1. The van der Waals surface area contributed by atoms with Crippen molar-refractivity contribution in [1.29, 1.82) is 0 Å². The molecule has 100 heavy (non-hydrogen) atoms. The van der Waals surface area contributed by atoms with Crippen molar-refractivity contribution in [2.45, 2.75) is 160 Å². The van der Waals surface area contributed by atoms with E-state index in [-0.39, 0.29) is 36.1 Å². The maximum atomic E-state index is 13.8. The first-order valence-corrected chi connectivity index (χ1v) is 36.9. The number of aromatic nitrogens is 7. The minimum atomic E-state index is -4.50. The number of anilines is 2. The molecule has 5 N–H and O–H groups in total. The van der Waals surface area contributed by atoms with Gasteiger partial charge in [-0.05, 0) is 223 Å². The van der Waals surface area contributed by atoms with Crippen LogP contribution in [0.2, 0.25) is 0 Å². The Bertz CT molecular complexity index is 4250. The van der Waals surface area contributed by atoms with E-state index in [2.05, 4.69) is 49.3 Å². The first kappa shape index (κ1) is 68.0. The fourth-order valence-electron chi connectivity index (χ4n) is 17.6. The number of rotatable bonds is 28. The van der Waals surface area contributed by atoms with Gasteiger partial charge in [0.15, 0.2) is 16.7 Å². The Balaban J connectivity index is 0.000000174. The Kier molecular flexibility index (Phi) is 18.4. The van der Waals surface area contributed by atoms with Crippen LogP contribution in [0, 0.1) is 51.3 Å². The number of hydrogen-bond donors (Lipinski definition) is 4. The van der Waals surface area contributed by atoms with Crippen LogP contribution in [0.15, 0.2) is 133 Å². The molecule has 4 spiro atoms. The second-order valence-corrected chi connectivity index (χ2v) is 31.8. The molecule has 6 aliphatic carbocycles. The molecule has 0 bridgehead atoms. The fourth-order valence-corrected chi connectivity index (χ4v) is 18.5. The van der Waals surface area contributed by atoms with Crippen molar-refractivity contribution in [3.63, 3.8) is 0 Å². The Hall–Kier alpha value is -9.13. The van der Waals surface area contributed by atoms with Crippen LogP contribution in [-0.4, -0.2) is 117 Å². The van der Waals surface area contributed by atoms with Crippen molar-refractivity contribution in [1.82, 2.24) is 49.9 Å². The number of fused-ring (bicyclic) bond motifs is 2. The van der Waals surface area contributed by atoms with Crippen molar-refractivity contribution >= 4 is 45.7 Å². The Morgan fingerprint density at radius 1 is 0.550 bits per heavy atom. The molecule has 5 aromatic heterocycles. The molecule has 23 nitrogen and oxygen atoms in total. The quantitative estimate of drug-likeness (QED) is 0.0262. The molecule has 2 atom stereocenters. The smallest absolute Gasteiger partial charge is 0.407 e. The molecular formula is C75H90FN13O10S. The molecule has 2 aromatic carbocycles. The average Bonchev–Trinajstić information content (AvgIpc) is 1.45. The summed E-state index contributed by atoms with van der Waals surface area (Å²) in [7, 11) is -4.50. The van der Waals surface area contributed by atoms with Gasteiger partial charge in [-0.3, -0.25) is 9.59 Å². The normalized spacial score (nSPS) is 20.7. The molecule has 2 saturated heterocycles. The maximum absolute atomic E-state index is 13.8. The van der Waals surface area contributed by atoms with Gasteiger partial charge in [-0.25, -0.2) is 38.6 Å². The van der Waals surface area contributed by atoms with Crippen LogP contribution in [0.5, 0.6) is 11.8 Å². The molecule has 0 unspecified atom stereocenters. The predicted octanol–water partition coefficient (Wildman–Crippen LogP) is 11.8. The highest BCUT2D eigenvalue weighted by Gasteiger charge is 2.86. The largest absolute Gasteiger partial charge is 0.477 e. The molecule has 25 heteroatoms. The van der Waals surface area contributed by atoms with Crippen LogP contribution in [0.3, 0.4) is 0 Å². The second-order valence-electron chi connectivity index (χ2n) is 30.1. The number of carbonyl (C=O) groups excluding carboxylic acids is 4. The number of hydrogen-bond acceptors (Lipinski definition) is 17. The molecule has 2 aliphatic heterocycles. The zero-order valence-electron chi connectivity index (χ0n) is 57.4. The summed E-state index contributed by atoms with van der Waals surface area (Å²) < 4.78 is 68.2. The zero-order chi connectivity index (χ0) is 69.7. The van der Waals surface area contributed by atoms with E-state index in [4.69, 9.17) is 34.6 Å². The van der Waals surface area contributed by atoms with Gasteiger partial charge < -0.3 is 45.1 Å². The number of amides is 4. The van der Waals surface area contributed by atoms with Gasteiger partial charge in [0.1, 0.15) is 24.8 Å². The van der Waals surface area contributed by atoms with Crippen molar-refractivity contribution in [2.75, 3.05) is 49.2 Å². The van der Waals surface area contributed by atoms with Gasteiger partial charge in [0, 0.05) is 61.8 Å². The van der Waals surface area contributed by atoms with E-state index in [1.165, 1.54) is 63.5 Å². The number of primary amides is 1. The highest BCUT2D eigenvalue weighted by Crippen LogP contribution is 2.94. The third-order valence-corrected chi connectivity index (χ3v) is 24.2. The van der Waals surface area contributed by atoms with Gasteiger partial charge in [-0.15, -0.1) is 10.2 Å². The van der Waals surface area contributed by atoms with Crippen molar-refractivity contribution < 1.29 is 50.9 Å². The Labute approximate surface area is 582 Å². The number of halogens is 1. The van der Waals surface area contributed by atoms with E-state index >= 15 is 0 Å². The summed E-state index contributed by atoms with van der Waals surface area (Å²) in [6.45, 7) is 12.4. The summed E-state index contributed by atoms with van der Waals surface area (Å²) in [5.74, 6) is 2.71. The third kappa shape index (κ3) is 14.2. The predicted molar refractivity (Wildman–Crippen MR) is 371 cm³/mol. The molecule has 15 rings (SSSR count). The molecule has 0 radical (unpaired) electrons. The van der Waals surface area contributed by atoms with Gasteiger partial charge in [-0.2, -0.15) is 12.8 Å². The lowest BCUT2D eigenvalue weighted by Gasteiger charge is -2.34. The number of carbonyl (C=O) groups is 4. The number of nitrogens with zero attached hydrogens (tertiary/aromatic N) is 9. The number of nitrogens with one attached hydrogen (secondary N) is 3. The average molecular weight is 1380 g/mol. The Morgan fingerprint density at radius 3 is 1.42 bits per heavy atom. The molecule has 6 saturated carbocycles. The van der Waals surface area contributed by atoms with Gasteiger partial charge in [0.05, 0.1) is 24.3 Å². The molecule has 7 aromatic rings. The summed E-state index contributed by atoms with van der Waals surface area (Å²) in [4.78, 5) is 68.1. The minimum absolute atomic E-state index is 0.0244. The lowest BCUT2D eigenvalue weighted by Crippen LogP contribution is -2.41. The van der Waals surface area contributed by atoms with E-state index < -0.39 is 50.5 Å². The lowest BCUT2D eigenvalue weighted by atomic mass is 9.93. The number of nitrogens with two attached hydrogens (primary N) is 1. The lowest BCUT2D eigenvalue weighted by molar-refractivity contribution is 0.0977. The first-order valence-electron chi connectivity index (χ1n) is 35.4. The summed E-state index contributed by atoms with van der Waals surface area (Å²) >= 11 is 0. The van der Waals surface area contributed by atoms with Crippen molar-refractivity contribution in [3.8, 4) is 23.4 Å². The molecule has 8 fully saturated rings. The monoisotopic (exact) mass is 1380 g/mol. The standard InChI is InChI=1S/C40H46FN7O6S.C35H44N6O4/c1-38(2)24-28(10-7-21-42-37(50)54-26-27-8-4-3-5-9-27)25-47(38)35-29(36(49)46-55(51,52)34-12-6-11-31(41)43-34)13-14-32(44-35)48-22-15-33(45-48)53-23-16-30-39(17-18-39)40(30)19-20-40;1-33(2)21-25(9-6-18-37-32(43)45-23-24-7-4-3-5-8-24)22-40(33)31-26(30(36)42)10-11-28(38-31)41-19-12-29(39-41)44-20-13-27-34(14-15-34)35(27)16-17-35/h3-6,8-9,11-15,22,28,30H,7,10,16-21,23-26H2,1-2H3,(H,42,50)(H,46,49);3-5,7-8,10-12,19,25,27H,6,9,13-18,20-23H2,1-2H3,(H2,36,42)(H,37,43)/t28-;25-/m00/s1. The van der Waals surface area contributed by atoms with Crippen LogP contribution >= 0.6 is 0 Å². The number of benzene rings is 2. The van der Waals surface area contributed by atoms with E-state index in [9.17, 15) is 32.0 Å². The van der Waals surface area contributed by atoms with Crippen LogP contribution in [0.25, 0.3) is 11.6 Å². The molecule has 4 amide bonds. The Morgan fingerprint density at radius 2 is 0.990 bits per heavy atom. The van der Waals surface area contributed by atoms with Crippen LogP contribution < -0.4 is 40.4 Å². The van der Waals surface area contributed by atoms with Crippen LogP contribution in [0.4, 0.5) is 25.6 Å². The number of pyridine rings is 3.